The molecule has 2 unspecified atom stereocenters. The zero-order chi connectivity index (χ0) is 11.1. The topological polar surface area (TPSA) is 43.0 Å². The highest BCUT2D eigenvalue weighted by atomic mass is 32.2. The first-order chi connectivity index (χ1) is 7.24. The van der Waals surface area contributed by atoms with Crippen molar-refractivity contribution < 1.29 is 9.66 Å². The lowest BCUT2D eigenvalue weighted by Crippen LogP contribution is -2.21. The molecule has 3 heteroatoms. The molecule has 1 radical (unpaired) electrons. The largest absolute Gasteiger partial charge is 0.614 e. The highest BCUT2D eigenvalue weighted by Crippen LogP contribution is 2.09. The van der Waals surface area contributed by atoms with Gasteiger partial charge in [-0.1, -0.05) is 37.3 Å². The summed E-state index contributed by atoms with van der Waals surface area (Å²) in [5, 5.41) is 11.1. The summed E-state index contributed by atoms with van der Waals surface area (Å²) in [4.78, 5) is 0. The summed E-state index contributed by atoms with van der Waals surface area (Å²) >= 11 is -1.19. The van der Waals surface area contributed by atoms with Gasteiger partial charge in [-0.2, -0.15) is 5.11 Å². The van der Waals surface area contributed by atoms with Crippen LogP contribution in [0.25, 0.3) is 0 Å². The third-order valence-electron chi connectivity index (χ3n) is 2.28. The Morgan fingerprint density at radius 1 is 1.33 bits per heavy atom. The molecule has 0 heterocycles. The maximum Gasteiger partial charge on any atom is 0.245 e. The van der Waals surface area contributed by atoms with E-state index in [0.29, 0.717) is 12.2 Å². The predicted octanol–water partition coefficient (Wildman–Crippen LogP) is 2.53. The van der Waals surface area contributed by atoms with Crippen molar-refractivity contribution in [2.45, 2.75) is 31.6 Å². The van der Waals surface area contributed by atoms with E-state index in [1.165, 1.54) is 5.56 Å². The first-order valence-electron chi connectivity index (χ1n) is 5.31. The van der Waals surface area contributed by atoms with Gasteiger partial charge in [0, 0.05) is 6.42 Å². The van der Waals surface area contributed by atoms with Gasteiger partial charge < -0.3 is 4.55 Å². The summed E-state index contributed by atoms with van der Waals surface area (Å²) in [7, 11) is 0. The summed E-state index contributed by atoms with van der Waals surface area (Å²) in [6.45, 7) is 1.78. The van der Waals surface area contributed by atoms with Gasteiger partial charge in [-0.25, -0.2) is 0 Å². The Morgan fingerprint density at radius 3 is 2.60 bits per heavy atom. The third kappa shape index (κ3) is 4.69. The molecule has 0 amide bonds. The van der Waals surface area contributed by atoms with E-state index in [0.717, 1.165) is 12.8 Å². The molecular formula is C12H17O2S. The van der Waals surface area contributed by atoms with Crippen LogP contribution in [0.4, 0.5) is 0 Å². The van der Waals surface area contributed by atoms with Gasteiger partial charge in [0.25, 0.3) is 0 Å². The van der Waals surface area contributed by atoms with Crippen molar-refractivity contribution in [1.29, 1.82) is 0 Å². The van der Waals surface area contributed by atoms with Crippen LogP contribution in [0.3, 0.4) is 0 Å². The number of benzene rings is 1. The quantitative estimate of drug-likeness (QED) is 0.686. The Labute approximate surface area is 94.5 Å². The summed E-state index contributed by atoms with van der Waals surface area (Å²) in [6, 6.07) is 10.1. The van der Waals surface area contributed by atoms with Gasteiger partial charge in [-0.05, 0) is 29.6 Å². The first kappa shape index (κ1) is 12.6. The van der Waals surface area contributed by atoms with E-state index in [2.05, 4.69) is 12.1 Å². The van der Waals surface area contributed by atoms with E-state index < -0.39 is 16.6 Å². The minimum Gasteiger partial charge on any atom is -0.614 e. The van der Waals surface area contributed by atoms with Crippen molar-refractivity contribution in [2.75, 3.05) is 5.75 Å². The van der Waals surface area contributed by atoms with Gasteiger partial charge in [0.15, 0.2) is 0 Å². The average Bonchev–Trinajstić information content (AvgIpc) is 2.29. The van der Waals surface area contributed by atoms with E-state index in [4.69, 9.17) is 0 Å². The fourth-order valence-electron chi connectivity index (χ4n) is 1.38. The van der Waals surface area contributed by atoms with E-state index >= 15 is 0 Å². The second kappa shape index (κ2) is 6.88. The Kier molecular flexibility index (Phi) is 5.76. The lowest BCUT2D eigenvalue weighted by molar-refractivity contribution is 0.151. The van der Waals surface area contributed by atoms with Crippen LogP contribution in [0.15, 0.2) is 30.3 Å². The van der Waals surface area contributed by atoms with Crippen LogP contribution in [0, 0.1) is 0 Å². The summed E-state index contributed by atoms with van der Waals surface area (Å²) < 4.78 is 11.4. The van der Waals surface area contributed by atoms with Crippen molar-refractivity contribution in [3.63, 3.8) is 0 Å². The maximum absolute atomic E-state index is 11.4. The average molecular weight is 225 g/mol. The number of hydrogen-bond donors (Lipinski definition) is 0. The van der Waals surface area contributed by atoms with Crippen molar-refractivity contribution in [3.05, 3.63) is 35.9 Å². The molecular weight excluding hydrogens is 208 g/mol. The predicted molar refractivity (Wildman–Crippen MR) is 62.5 cm³/mol. The summed E-state index contributed by atoms with van der Waals surface area (Å²) in [6.07, 6.45) is 2.19. The number of aryl methyl sites for hydroxylation is 1. The minimum absolute atomic E-state index is 0.456. The molecule has 0 saturated carbocycles. The van der Waals surface area contributed by atoms with Crippen LogP contribution in [0.1, 0.15) is 25.3 Å². The molecule has 0 aliphatic rings. The molecule has 1 aromatic carbocycles. The second-order valence-corrected chi connectivity index (χ2v) is 5.21. The Hall–Kier alpha value is -0.510. The van der Waals surface area contributed by atoms with E-state index in [9.17, 15) is 9.66 Å². The third-order valence-corrected chi connectivity index (χ3v) is 3.89. The SMILES string of the molecule is CCC([O])[S+]([O-])CCCc1ccccc1. The van der Waals surface area contributed by atoms with Crippen LogP contribution < -0.4 is 0 Å². The number of rotatable bonds is 6. The lowest BCUT2D eigenvalue weighted by atomic mass is 10.1. The first-order valence-corrected chi connectivity index (χ1v) is 6.69. The van der Waals surface area contributed by atoms with Crippen LogP contribution in [-0.4, -0.2) is 15.7 Å². The minimum atomic E-state index is -1.19. The van der Waals surface area contributed by atoms with E-state index in [1.54, 1.807) is 6.92 Å². The van der Waals surface area contributed by atoms with Crippen LogP contribution in [0.5, 0.6) is 0 Å². The molecule has 0 fully saturated rings. The summed E-state index contributed by atoms with van der Waals surface area (Å²) in [5.74, 6) is 0.525. The molecule has 0 saturated heterocycles. The van der Waals surface area contributed by atoms with Gasteiger partial charge in [-0.3, -0.25) is 0 Å². The van der Waals surface area contributed by atoms with Gasteiger partial charge in [0.05, 0.1) is 0 Å². The molecule has 0 aromatic heterocycles. The van der Waals surface area contributed by atoms with Crippen molar-refractivity contribution in [3.8, 4) is 0 Å². The molecule has 1 rings (SSSR count). The smallest absolute Gasteiger partial charge is 0.245 e. The van der Waals surface area contributed by atoms with Crippen molar-refractivity contribution >= 4 is 11.2 Å². The van der Waals surface area contributed by atoms with Crippen molar-refractivity contribution in [2.24, 2.45) is 0 Å². The normalized spacial score (nSPS) is 14.9. The standard InChI is InChI=1S/C12H17O2S/c1-2-12(13)15(14)10-6-9-11-7-4-3-5-8-11/h3-5,7-8,12H,2,6,9-10H2,1H3. The molecule has 0 aliphatic carbocycles. The van der Waals surface area contributed by atoms with Crippen LogP contribution >= 0.6 is 0 Å². The molecule has 15 heavy (non-hydrogen) atoms. The fourth-order valence-corrected chi connectivity index (χ4v) is 2.44. The molecule has 2 nitrogen and oxygen atoms in total. The molecule has 0 aliphatic heterocycles. The van der Waals surface area contributed by atoms with E-state index in [-0.39, 0.29) is 0 Å². The molecule has 83 valence electrons. The zero-order valence-corrected chi connectivity index (χ0v) is 9.83. The highest BCUT2D eigenvalue weighted by molar-refractivity contribution is 7.91. The van der Waals surface area contributed by atoms with Crippen LogP contribution in [0.2, 0.25) is 0 Å². The highest BCUT2D eigenvalue weighted by Gasteiger charge is 2.17. The maximum atomic E-state index is 11.4. The molecule has 1 aromatic rings. The van der Waals surface area contributed by atoms with E-state index in [1.807, 2.05) is 18.2 Å². The summed E-state index contributed by atoms with van der Waals surface area (Å²) in [5.41, 5.74) is 0.342. The Morgan fingerprint density at radius 2 is 2.00 bits per heavy atom. The fraction of sp³-hybridized carbons (Fsp3) is 0.500. The van der Waals surface area contributed by atoms with Gasteiger partial charge in [-0.15, -0.1) is 0 Å². The second-order valence-electron chi connectivity index (χ2n) is 3.51. The molecule has 2 atom stereocenters. The zero-order valence-electron chi connectivity index (χ0n) is 9.02. The lowest BCUT2D eigenvalue weighted by Gasteiger charge is -2.13. The van der Waals surface area contributed by atoms with Crippen molar-refractivity contribution in [1.82, 2.24) is 0 Å². The van der Waals surface area contributed by atoms with Gasteiger partial charge in [0.2, 0.25) is 5.44 Å². The Balaban J connectivity index is 2.22. The molecule has 0 spiro atoms. The molecule has 0 N–H and O–H groups in total. The van der Waals surface area contributed by atoms with Gasteiger partial charge >= 0.3 is 0 Å². The molecule has 0 bridgehead atoms. The number of hydrogen-bond acceptors (Lipinski definition) is 1. The van der Waals surface area contributed by atoms with Crippen LogP contribution in [-0.2, 0) is 22.7 Å². The Bertz CT molecular complexity index is 264. The monoisotopic (exact) mass is 225 g/mol. The van der Waals surface area contributed by atoms with Gasteiger partial charge in [0.1, 0.15) is 5.75 Å².